The maximum Gasteiger partial charge on any atom is 0.235 e. The molecule has 90 valence electrons. The maximum atomic E-state index is 11.6. The highest BCUT2D eigenvalue weighted by Crippen LogP contribution is 2.17. The highest BCUT2D eigenvalue weighted by molar-refractivity contribution is 9.10. The summed E-state index contributed by atoms with van der Waals surface area (Å²) >= 11 is 3.27. The number of halogens is 1. The fraction of sp³-hybridized carbons (Fsp3) is 0.444. The van der Waals surface area contributed by atoms with E-state index in [0.717, 1.165) is 10.0 Å². The summed E-state index contributed by atoms with van der Waals surface area (Å²) in [6, 6.07) is 1.81. The first-order valence-corrected chi connectivity index (χ1v) is 7.16. The first-order valence-electron chi connectivity index (χ1n) is 4.72. The molecule has 0 saturated heterocycles. The zero-order valence-corrected chi connectivity index (χ0v) is 11.5. The minimum atomic E-state index is -3.32. The van der Waals surface area contributed by atoms with Gasteiger partial charge in [0.25, 0.3) is 0 Å². The Morgan fingerprint density at radius 2 is 2.19 bits per heavy atom. The van der Waals surface area contributed by atoms with E-state index in [4.69, 9.17) is 0 Å². The van der Waals surface area contributed by atoms with E-state index in [0.29, 0.717) is 12.4 Å². The van der Waals surface area contributed by atoms with Crippen molar-refractivity contribution in [3.05, 3.63) is 22.3 Å². The smallest absolute Gasteiger partial charge is 0.235 e. The lowest BCUT2D eigenvalue weighted by Crippen LogP contribution is -2.25. The molecule has 0 unspecified atom stereocenters. The zero-order valence-electron chi connectivity index (χ0n) is 9.12. The van der Waals surface area contributed by atoms with Gasteiger partial charge >= 0.3 is 0 Å². The summed E-state index contributed by atoms with van der Waals surface area (Å²) in [5, 5.41) is 2.79. The lowest BCUT2D eigenvalue weighted by molar-refractivity contribution is 0.598. The lowest BCUT2D eigenvalue weighted by atomic mass is 10.3. The van der Waals surface area contributed by atoms with E-state index in [1.807, 2.05) is 6.07 Å². The molecule has 1 aromatic heterocycles. The number of hydrogen-bond acceptors (Lipinski definition) is 4. The van der Waals surface area contributed by atoms with Gasteiger partial charge in [0.15, 0.2) is 0 Å². The second-order valence-corrected chi connectivity index (χ2v) is 6.10. The number of nitrogens with one attached hydrogen (secondary N) is 2. The third kappa shape index (κ3) is 4.07. The monoisotopic (exact) mass is 307 g/mol. The van der Waals surface area contributed by atoms with Crippen LogP contribution in [0.5, 0.6) is 0 Å². The fourth-order valence-electron chi connectivity index (χ4n) is 1.08. The predicted molar refractivity (Wildman–Crippen MR) is 68.0 cm³/mol. The molecule has 0 aromatic carbocycles. The van der Waals surface area contributed by atoms with Crippen LogP contribution in [0, 0.1) is 6.92 Å². The van der Waals surface area contributed by atoms with Gasteiger partial charge in [0.2, 0.25) is 10.0 Å². The third-order valence-corrected chi connectivity index (χ3v) is 3.60. The van der Waals surface area contributed by atoms with Crippen molar-refractivity contribution in [1.29, 1.82) is 0 Å². The molecule has 0 aliphatic carbocycles. The van der Waals surface area contributed by atoms with Crippen LogP contribution < -0.4 is 10.0 Å². The summed E-state index contributed by atoms with van der Waals surface area (Å²) in [5.41, 5.74) is 0.780. The van der Waals surface area contributed by atoms with Gasteiger partial charge in [0, 0.05) is 17.2 Å². The van der Waals surface area contributed by atoms with Crippen LogP contribution in [0.15, 0.2) is 16.7 Å². The standard InChI is InChI=1S/C9H14BrN3O2S/c1-7-5-8(10)6-12-9(7)13-16(14,15)4-3-11-2/h5-6,11H,3-4H2,1-2H3,(H,12,13). The van der Waals surface area contributed by atoms with Crippen LogP contribution in [0.4, 0.5) is 5.82 Å². The van der Waals surface area contributed by atoms with E-state index in [1.165, 1.54) is 0 Å². The van der Waals surface area contributed by atoms with Crippen LogP contribution in [0.3, 0.4) is 0 Å². The van der Waals surface area contributed by atoms with Gasteiger partial charge in [0.1, 0.15) is 5.82 Å². The van der Waals surface area contributed by atoms with Gasteiger partial charge in [-0.2, -0.15) is 0 Å². The molecule has 5 nitrogen and oxygen atoms in total. The van der Waals surface area contributed by atoms with Gasteiger partial charge in [-0.3, -0.25) is 4.72 Å². The van der Waals surface area contributed by atoms with E-state index in [-0.39, 0.29) is 5.75 Å². The Morgan fingerprint density at radius 3 is 2.75 bits per heavy atom. The molecule has 0 spiro atoms. The quantitative estimate of drug-likeness (QED) is 0.855. The predicted octanol–water partition coefficient (Wildman–Crippen LogP) is 1.11. The van der Waals surface area contributed by atoms with Crippen molar-refractivity contribution < 1.29 is 8.42 Å². The van der Waals surface area contributed by atoms with Gasteiger partial charge < -0.3 is 5.32 Å². The summed E-state index contributed by atoms with van der Waals surface area (Å²) in [4.78, 5) is 4.01. The van der Waals surface area contributed by atoms with Crippen LogP contribution in [0.2, 0.25) is 0 Å². The fourth-order valence-corrected chi connectivity index (χ4v) is 2.61. The minimum Gasteiger partial charge on any atom is -0.319 e. The topological polar surface area (TPSA) is 71.1 Å². The molecule has 1 rings (SSSR count). The summed E-state index contributed by atoms with van der Waals surface area (Å²) in [6.07, 6.45) is 1.56. The number of rotatable bonds is 5. The molecule has 0 amide bonds. The Hall–Kier alpha value is -0.660. The summed E-state index contributed by atoms with van der Waals surface area (Å²) in [7, 11) is -1.62. The Kier molecular flexibility index (Phi) is 4.69. The largest absolute Gasteiger partial charge is 0.319 e. The number of nitrogens with zero attached hydrogens (tertiary/aromatic N) is 1. The first-order chi connectivity index (χ1) is 7.44. The normalized spacial score (nSPS) is 11.4. The molecule has 0 fully saturated rings. The van der Waals surface area contributed by atoms with Gasteiger partial charge in [0.05, 0.1) is 5.75 Å². The number of aryl methyl sites for hydroxylation is 1. The van der Waals surface area contributed by atoms with E-state index in [1.54, 1.807) is 20.2 Å². The van der Waals surface area contributed by atoms with Crippen LogP contribution in [0.25, 0.3) is 0 Å². The molecule has 2 N–H and O–H groups in total. The number of sulfonamides is 1. The first kappa shape index (κ1) is 13.4. The molecule has 7 heteroatoms. The van der Waals surface area contributed by atoms with Gasteiger partial charge in [-0.15, -0.1) is 0 Å². The SMILES string of the molecule is CNCCS(=O)(=O)Nc1ncc(Br)cc1C. The van der Waals surface area contributed by atoms with Gasteiger partial charge in [-0.1, -0.05) is 0 Å². The minimum absolute atomic E-state index is 0.0285. The van der Waals surface area contributed by atoms with Crippen LogP contribution in [-0.4, -0.2) is 32.7 Å². The average Bonchev–Trinajstić information content (AvgIpc) is 2.19. The van der Waals surface area contributed by atoms with Gasteiger partial charge in [-0.25, -0.2) is 13.4 Å². The van der Waals surface area contributed by atoms with E-state index in [9.17, 15) is 8.42 Å². The number of pyridine rings is 1. The van der Waals surface area contributed by atoms with Crippen LogP contribution >= 0.6 is 15.9 Å². The van der Waals surface area contributed by atoms with Crippen molar-refractivity contribution in [2.45, 2.75) is 6.92 Å². The average molecular weight is 308 g/mol. The van der Waals surface area contributed by atoms with Crippen LogP contribution in [-0.2, 0) is 10.0 Å². The van der Waals surface area contributed by atoms with Crippen LogP contribution in [0.1, 0.15) is 5.56 Å². The zero-order chi connectivity index (χ0) is 12.2. The van der Waals surface area contributed by atoms with E-state index < -0.39 is 10.0 Å². The molecule has 1 aromatic rings. The van der Waals surface area contributed by atoms with Crippen molar-refractivity contribution in [3.63, 3.8) is 0 Å². The summed E-state index contributed by atoms with van der Waals surface area (Å²) in [6.45, 7) is 2.21. The van der Waals surface area contributed by atoms with Crippen molar-refractivity contribution in [3.8, 4) is 0 Å². The number of aromatic nitrogens is 1. The molecule has 0 aliphatic rings. The second-order valence-electron chi connectivity index (χ2n) is 3.34. The Morgan fingerprint density at radius 1 is 1.50 bits per heavy atom. The van der Waals surface area contributed by atoms with Gasteiger partial charge in [-0.05, 0) is 41.5 Å². The Balaban J connectivity index is 2.80. The third-order valence-electron chi connectivity index (χ3n) is 1.92. The summed E-state index contributed by atoms with van der Waals surface area (Å²) < 4.78 is 26.5. The molecule has 1 heterocycles. The highest BCUT2D eigenvalue weighted by Gasteiger charge is 2.11. The van der Waals surface area contributed by atoms with Crippen molar-refractivity contribution in [2.75, 3.05) is 24.1 Å². The molecule has 0 aliphatic heterocycles. The Bertz CT molecular complexity index is 462. The molecule has 16 heavy (non-hydrogen) atoms. The molecule has 0 saturated carbocycles. The van der Waals surface area contributed by atoms with Crippen molar-refractivity contribution >= 4 is 31.8 Å². The van der Waals surface area contributed by atoms with E-state index >= 15 is 0 Å². The van der Waals surface area contributed by atoms with Crippen molar-refractivity contribution in [2.24, 2.45) is 0 Å². The summed E-state index contributed by atoms with van der Waals surface area (Å²) in [5.74, 6) is 0.403. The maximum absolute atomic E-state index is 11.6. The number of anilines is 1. The molecule has 0 radical (unpaired) electrons. The van der Waals surface area contributed by atoms with E-state index in [2.05, 4.69) is 31.0 Å². The lowest BCUT2D eigenvalue weighted by Gasteiger charge is -2.09. The molecular weight excluding hydrogens is 294 g/mol. The molecule has 0 bridgehead atoms. The van der Waals surface area contributed by atoms with Crippen molar-refractivity contribution in [1.82, 2.24) is 10.3 Å². The second kappa shape index (κ2) is 5.60. The highest BCUT2D eigenvalue weighted by atomic mass is 79.9. The Labute approximate surface area is 104 Å². The molecule has 0 atom stereocenters. The number of hydrogen-bond donors (Lipinski definition) is 2. The molecular formula is C9H14BrN3O2S.